The van der Waals surface area contributed by atoms with Crippen LogP contribution >= 0.6 is 12.2 Å². The molecule has 2 aromatic rings. The maximum absolute atomic E-state index is 12.3. The molecular formula is C22H28N2O2S. The highest BCUT2D eigenvalue weighted by atomic mass is 32.1. The number of ether oxygens (including phenoxy) is 1. The number of nitrogens with one attached hydrogen (secondary N) is 2. The highest BCUT2D eigenvalue weighted by molar-refractivity contribution is 7.80. The minimum absolute atomic E-state index is 0.246. The Kier molecular flexibility index (Phi) is 8.27. The van der Waals surface area contributed by atoms with Gasteiger partial charge in [0.05, 0.1) is 6.61 Å². The largest absolute Gasteiger partial charge is 0.494 e. The molecule has 0 bridgehead atoms. The number of anilines is 1. The van der Waals surface area contributed by atoms with Crippen molar-refractivity contribution in [3.05, 3.63) is 59.7 Å². The molecule has 0 aromatic heterocycles. The van der Waals surface area contributed by atoms with Gasteiger partial charge in [0.2, 0.25) is 0 Å². The zero-order chi connectivity index (χ0) is 19.6. The van der Waals surface area contributed by atoms with Crippen molar-refractivity contribution in [3.8, 4) is 5.75 Å². The summed E-state index contributed by atoms with van der Waals surface area (Å²) in [6.07, 6.45) is 3.20. The van der Waals surface area contributed by atoms with Gasteiger partial charge < -0.3 is 10.1 Å². The summed E-state index contributed by atoms with van der Waals surface area (Å²) in [5.41, 5.74) is 2.68. The summed E-state index contributed by atoms with van der Waals surface area (Å²) in [5, 5.41) is 6.03. The van der Waals surface area contributed by atoms with E-state index in [0.29, 0.717) is 18.1 Å². The predicted octanol–water partition coefficient (Wildman–Crippen LogP) is 5.51. The maximum atomic E-state index is 12.3. The molecule has 0 aliphatic carbocycles. The normalized spacial score (nSPS) is 11.5. The average molecular weight is 385 g/mol. The number of amides is 1. The third-order valence-electron chi connectivity index (χ3n) is 4.46. The Morgan fingerprint density at radius 1 is 1.07 bits per heavy atom. The average Bonchev–Trinajstić information content (AvgIpc) is 2.68. The molecule has 0 saturated heterocycles. The lowest BCUT2D eigenvalue weighted by Gasteiger charge is -2.12. The van der Waals surface area contributed by atoms with E-state index in [9.17, 15) is 4.79 Å². The van der Waals surface area contributed by atoms with Crippen molar-refractivity contribution in [2.75, 3.05) is 11.9 Å². The summed E-state index contributed by atoms with van der Waals surface area (Å²) < 4.78 is 5.61. The Morgan fingerprint density at radius 2 is 1.74 bits per heavy atom. The van der Waals surface area contributed by atoms with Crippen molar-refractivity contribution in [1.82, 2.24) is 5.32 Å². The second-order valence-corrected chi connectivity index (χ2v) is 6.97. The van der Waals surface area contributed by atoms with Gasteiger partial charge in [-0.2, -0.15) is 0 Å². The highest BCUT2D eigenvalue weighted by Crippen LogP contribution is 2.20. The summed E-state index contributed by atoms with van der Waals surface area (Å²) in [6, 6.07) is 15.2. The van der Waals surface area contributed by atoms with Crippen LogP contribution in [0.2, 0.25) is 0 Å². The Labute approximate surface area is 167 Å². The fourth-order valence-electron chi connectivity index (χ4n) is 2.51. The summed E-state index contributed by atoms with van der Waals surface area (Å²) in [4.78, 5) is 12.3. The first-order valence-electron chi connectivity index (χ1n) is 9.48. The first-order valence-corrected chi connectivity index (χ1v) is 9.89. The van der Waals surface area contributed by atoms with E-state index in [0.717, 1.165) is 30.7 Å². The Bertz CT molecular complexity index is 742. The number of carbonyl (C=O) groups is 1. The SMILES string of the molecule is CCCCOc1ccc(C(=O)NC(=S)Nc2ccc(C(C)CC)cc2)cc1. The van der Waals surface area contributed by atoms with Gasteiger partial charge in [-0.15, -0.1) is 0 Å². The quantitative estimate of drug-likeness (QED) is 0.466. The third kappa shape index (κ3) is 6.68. The van der Waals surface area contributed by atoms with E-state index >= 15 is 0 Å². The van der Waals surface area contributed by atoms with Crippen LogP contribution in [0, 0.1) is 0 Å². The summed E-state index contributed by atoms with van der Waals surface area (Å²) in [7, 11) is 0. The lowest BCUT2D eigenvalue weighted by Crippen LogP contribution is -2.34. The van der Waals surface area contributed by atoms with Gasteiger partial charge in [0.25, 0.3) is 5.91 Å². The summed E-state index contributed by atoms with van der Waals surface area (Å²) >= 11 is 5.25. The molecule has 0 aliphatic heterocycles. The van der Waals surface area contributed by atoms with Crippen molar-refractivity contribution in [3.63, 3.8) is 0 Å². The Balaban J connectivity index is 1.86. The molecule has 4 nitrogen and oxygen atoms in total. The van der Waals surface area contributed by atoms with E-state index in [1.807, 2.05) is 12.1 Å². The molecule has 1 atom stereocenters. The van der Waals surface area contributed by atoms with Crippen LogP contribution in [0.4, 0.5) is 5.69 Å². The lowest BCUT2D eigenvalue weighted by molar-refractivity contribution is 0.0977. The second kappa shape index (κ2) is 10.7. The molecule has 0 fully saturated rings. The van der Waals surface area contributed by atoms with Gasteiger partial charge in [0.15, 0.2) is 5.11 Å². The van der Waals surface area contributed by atoms with Crippen molar-refractivity contribution >= 4 is 28.9 Å². The monoisotopic (exact) mass is 384 g/mol. The second-order valence-electron chi connectivity index (χ2n) is 6.57. The molecule has 2 rings (SSSR count). The van der Waals surface area contributed by atoms with Crippen LogP contribution in [-0.2, 0) is 0 Å². The van der Waals surface area contributed by atoms with E-state index in [1.165, 1.54) is 5.56 Å². The molecule has 0 spiro atoms. The first-order chi connectivity index (χ1) is 13.0. The smallest absolute Gasteiger partial charge is 0.257 e. The standard InChI is InChI=1S/C22H28N2O2S/c1-4-6-15-26-20-13-9-18(10-14-20)21(25)24-22(27)23-19-11-7-17(8-12-19)16(3)5-2/h7-14,16H,4-6,15H2,1-3H3,(H2,23,24,25,27). The van der Waals surface area contributed by atoms with E-state index < -0.39 is 0 Å². The summed E-state index contributed by atoms with van der Waals surface area (Å²) in [6.45, 7) is 7.18. The molecule has 144 valence electrons. The van der Waals surface area contributed by atoms with Crippen LogP contribution in [0.15, 0.2) is 48.5 Å². The third-order valence-corrected chi connectivity index (χ3v) is 4.66. The molecule has 1 amide bonds. The molecule has 2 N–H and O–H groups in total. The van der Waals surface area contributed by atoms with Gasteiger partial charge >= 0.3 is 0 Å². The molecule has 2 aromatic carbocycles. The molecule has 0 aliphatic rings. The van der Waals surface area contributed by atoms with Gasteiger partial charge in [-0.05, 0) is 72.9 Å². The molecule has 0 heterocycles. The van der Waals surface area contributed by atoms with Crippen molar-refractivity contribution in [1.29, 1.82) is 0 Å². The molecule has 0 saturated carbocycles. The maximum Gasteiger partial charge on any atom is 0.257 e. The number of benzene rings is 2. The van der Waals surface area contributed by atoms with Gasteiger partial charge in [-0.25, -0.2) is 0 Å². The van der Waals surface area contributed by atoms with Crippen LogP contribution in [0.25, 0.3) is 0 Å². The van der Waals surface area contributed by atoms with Crippen molar-refractivity contribution < 1.29 is 9.53 Å². The molecule has 27 heavy (non-hydrogen) atoms. The van der Waals surface area contributed by atoms with Gasteiger partial charge in [-0.3, -0.25) is 10.1 Å². The fourth-order valence-corrected chi connectivity index (χ4v) is 2.72. The van der Waals surface area contributed by atoms with E-state index in [1.54, 1.807) is 24.3 Å². The number of unbranched alkanes of at least 4 members (excludes halogenated alkanes) is 1. The van der Waals surface area contributed by atoms with Crippen molar-refractivity contribution in [2.45, 2.75) is 46.0 Å². The summed E-state index contributed by atoms with van der Waals surface area (Å²) in [5.74, 6) is 1.05. The lowest BCUT2D eigenvalue weighted by atomic mass is 9.99. The minimum Gasteiger partial charge on any atom is -0.494 e. The number of thiocarbonyl (C=S) groups is 1. The first kappa shape index (κ1) is 20.9. The molecular weight excluding hydrogens is 356 g/mol. The van der Waals surface area contributed by atoms with Gasteiger partial charge in [-0.1, -0.05) is 39.3 Å². The minimum atomic E-state index is -0.246. The van der Waals surface area contributed by atoms with Crippen LogP contribution in [0.3, 0.4) is 0 Å². The number of rotatable bonds is 8. The van der Waals surface area contributed by atoms with Crippen LogP contribution in [0.1, 0.15) is 61.9 Å². The van der Waals surface area contributed by atoms with Gasteiger partial charge in [0, 0.05) is 11.3 Å². The van der Waals surface area contributed by atoms with E-state index in [4.69, 9.17) is 17.0 Å². The number of hydrogen-bond acceptors (Lipinski definition) is 3. The van der Waals surface area contributed by atoms with Crippen LogP contribution in [0.5, 0.6) is 5.75 Å². The zero-order valence-corrected chi connectivity index (χ0v) is 17.1. The highest BCUT2D eigenvalue weighted by Gasteiger charge is 2.09. The zero-order valence-electron chi connectivity index (χ0n) is 16.2. The van der Waals surface area contributed by atoms with Gasteiger partial charge in [0.1, 0.15) is 5.75 Å². The van der Waals surface area contributed by atoms with E-state index in [2.05, 4.69) is 43.5 Å². The Hall–Kier alpha value is -2.40. The molecule has 0 radical (unpaired) electrons. The predicted molar refractivity (Wildman–Crippen MR) is 116 cm³/mol. The Morgan fingerprint density at radius 3 is 2.33 bits per heavy atom. The van der Waals surface area contributed by atoms with Crippen molar-refractivity contribution in [2.24, 2.45) is 0 Å². The fraction of sp³-hybridized carbons (Fsp3) is 0.364. The molecule has 5 heteroatoms. The number of hydrogen-bond donors (Lipinski definition) is 2. The topological polar surface area (TPSA) is 50.4 Å². The van der Waals surface area contributed by atoms with Crippen LogP contribution in [-0.4, -0.2) is 17.6 Å². The van der Waals surface area contributed by atoms with E-state index in [-0.39, 0.29) is 11.0 Å². The molecule has 1 unspecified atom stereocenters. The van der Waals surface area contributed by atoms with Crippen LogP contribution < -0.4 is 15.4 Å². The number of carbonyl (C=O) groups excluding carboxylic acids is 1.